The van der Waals surface area contributed by atoms with Gasteiger partial charge in [-0.3, -0.25) is 9.79 Å². The fourth-order valence-corrected chi connectivity index (χ4v) is 4.81. The van der Waals surface area contributed by atoms with Crippen LogP contribution in [0.25, 0.3) is 0 Å². The zero-order valence-electron chi connectivity index (χ0n) is 19.3. The van der Waals surface area contributed by atoms with E-state index in [1.807, 2.05) is 24.3 Å². The average Bonchev–Trinajstić information content (AvgIpc) is 3.35. The number of carbonyl (C=O) groups is 1. The predicted octanol–water partition coefficient (Wildman–Crippen LogP) is 2.04. The van der Waals surface area contributed by atoms with Gasteiger partial charge in [-0.15, -0.1) is 0 Å². The van der Waals surface area contributed by atoms with Crippen LogP contribution in [0.1, 0.15) is 28.8 Å². The van der Waals surface area contributed by atoms with E-state index < -0.39 is 10.0 Å². The van der Waals surface area contributed by atoms with E-state index in [-0.39, 0.29) is 5.91 Å². The van der Waals surface area contributed by atoms with Crippen molar-refractivity contribution in [2.75, 3.05) is 44.4 Å². The molecule has 0 aromatic heterocycles. The van der Waals surface area contributed by atoms with E-state index in [0.29, 0.717) is 43.5 Å². The first kappa shape index (κ1) is 24.0. The quantitative estimate of drug-likeness (QED) is 0.528. The summed E-state index contributed by atoms with van der Waals surface area (Å²) in [5, 5.41) is 9.32. The molecule has 2 aliphatic heterocycles. The molecular weight excluding hydrogens is 454 g/mol. The summed E-state index contributed by atoms with van der Waals surface area (Å²) >= 11 is 0. The van der Waals surface area contributed by atoms with Gasteiger partial charge in [0.25, 0.3) is 5.91 Å². The van der Waals surface area contributed by atoms with Crippen LogP contribution in [0.4, 0.5) is 5.69 Å². The lowest BCUT2D eigenvalue weighted by Crippen LogP contribution is -2.39. The first-order chi connectivity index (χ1) is 16.4. The number of carbonyl (C=O) groups excluding carboxylic acids is 1. The maximum Gasteiger partial charge on any atom is 0.251 e. The number of aliphatic imine (C=N–C) groups is 1. The van der Waals surface area contributed by atoms with Crippen LogP contribution in [0.15, 0.2) is 53.5 Å². The van der Waals surface area contributed by atoms with Gasteiger partial charge in [-0.05, 0) is 60.7 Å². The highest BCUT2D eigenvalue weighted by Crippen LogP contribution is 2.21. The van der Waals surface area contributed by atoms with Crippen molar-refractivity contribution in [2.45, 2.75) is 19.4 Å². The lowest BCUT2D eigenvalue weighted by atomic mass is 9.99. The van der Waals surface area contributed by atoms with E-state index in [2.05, 4.69) is 20.9 Å². The van der Waals surface area contributed by atoms with Gasteiger partial charge in [0.15, 0.2) is 5.96 Å². The van der Waals surface area contributed by atoms with Crippen LogP contribution in [0.2, 0.25) is 0 Å². The van der Waals surface area contributed by atoms with E-state index in [1.165, 1.54) is 10.6 Å². The number of sulfonamides is 1. The molecule has 1 saturated heterocycles. The highest BCUT2D eigenvalue weighted by molar-refractivity contribution is 7.88. The number of rotatable bonds is 8. The largest absolute Gasteiger partial charge is 0.493 e. The summed E-state index contributed by atoms with van der Waals surface area (Å²) in [5.41, 5.74) is 2.51. The summed E-state index contributed by atoms with van der Waals surface area (Å²) in [5.74, 6) is 1.66. The maximum atomic E-state index is 12.5. The molecule has 0 spiro atoms. The van der Waals surface area contributed by atoms with Crippen molar-refractivity contribution >= 4 is 27.6 Å². The summed E-state index contributed by atoms with van der Waals surface area (Å²) in [6.45, 7) is 3.69. The number of hydrogen-bond donors (Lipinski definition) is 3. The molecule has 2 heterocycles. The van der Waals surface area contributed by atoms with E-state index >= 15 is 0 Å². The van der Waals surface area contributed by atoms with Crippen molar-refractivity contribution in [3.8, 4) is 5.75 Å². The molecule has 2 aliphatic rings. The van der Waals surface area contributed by atoms with Gasteiger partial charge in [0, 0.05) is 37.4 Å². The van der Waals surface area contributed by atoms with Gasteiger partial charge < -0.3 is 20.7 Å². The molecule has 4 rings (SSSR count). The smallest absolute Gasteiger partial charge is 0.251 e. The highest BCUT2D eigenvalue weighted by Gasteiger charge is 2.25. The number of piperidine rings is 1. The topological polar surface area (TPSA) is 112 Å². The zero-order chi connectivity index (χ0) is 24.0. The third kappa shape index (κ3) is 6.71. The maximum absolute atomic E-state index is 12.5. The van der Waals surface area contributed by atoms with E-state index in [0.717, 1.165) is 43.1 Å². The number of amides is 1. The summed E-state index contributed by atoms with van der Waals surface area (Å²) in [6.07, 6.45) is 2.83. The van der Waals surface area contributed by atoms with Gasteiger partial charge >= 0.3 is 0 Å². The number of anilines is 1. The standard InChI is InChI=1S/C24H31N5O4S/c1-34(31,32)29-14-10-19(11-15-29)17-33-22-8-4-20(5-9-22)23(30)27-16-18-2-6-21(7-3-18)28-24-25-12-13-26-24/h2-9,19H,10-17H2,1H3,(H,27,30)(H2,25,26,28). The second-order valence-corrected chi connectivity index (χ2v) is 10.6. The summed E-state index contributed by atoms with van der Waals surface area (Å²) in [7, 11) is -3.11. The van der Waals surface area contributed by atoms with Crippen molar-refractivity contribution in [1.29, 1.82) is 0 Å². The molecule has 9 nitrogen and oxygen atoms in total. The Morgan fingerprint density at radius 1 is 1.12 bits per heavy atom. The minimum atomic E-state index is -3.11. The molecule has 0 atom stereocenters. The van der Waals surface area contributed by atoms with Gasteiger partial charge in [-0.1, -0.05) is 12.1 Å². The fraction of sp³-hybridized carbons (Fsp3) is 0.417. The third-order valence-electron chi connectivity index (χ3n) is 5.99. The van der Waals surface area contributed by atoms with Crippen LogP contribution >= 0.6 is 0 Å². The molecular formula is C24H31N5O4S. The zero-order valence-corrected chi connectivity index (χ0v) is 20.1. The third-order valence-corrected chi connectivity index (χ3v) is 7.29. The number of ether oxygens (including phenoxy) is 1. The number of nitrogens with zero attached hydrogens (tertiary/aromatic N) is 2. The van der Waals surface area contributed by atoms with Gasteiger partial charge in [-0.25, -0.2) is 12.7 Å². The minimum Gasteiger partial charge on any atom is -0.493 e. The first-order valence-corrected chi connectivity index (χ1v) is 13.3. The van der Waals surface area contributed by atoms with E-state index in [4.69, 9.17) is 4.74 Å². The summed E-state index contributed by atoms with van der Waals surface area (Å²) in [6, 6.07) is 14.9. The van der Waals surface area contributed by atoms with Crippen LogP contribution in [0, 0.1) is 5.92 Å². The molecule has 2 aromatic rings. The monoisotopic (exact) mass is 485 g/mol. The second-order valence-electron chi connectivity index (χ2n) is 8.60. The molecule has 0 unspecified atom stereocenters. The van der Waals surface area contributed by atoms with Gasteiger partial charge in [0.05, 0.1) is 19.4 Å². The van der Waals surface area contributed by atoms with Crippen molar-refractivity contribution < 1.29 is 17.9 Å². The number of guanidine groups is 1. The molecule has 0 radical (unpaired) electrons. The first-order valence-electron chi connectivity index (χ1n) is 11.5. The highest BCUT2D eigenvalue weighted by atomic mass is 32.2. The Morgan fingerprint density at radius 3 is 2.44 bits per heavy atom. The Hall–Kier alpha value is -3.11. The van der Waals surface area contributed by atoms with Crippen LogP contribution in [-0.2, 0) is 16.6 Å². The Balaban J connectivity index is 1.19. The predicted molar refractivity (Wildman–Crippen MR) is 133 cm³/mol. The number of nitrogens with one attached hydrogen (secondary N) is 3. The molecule has 10 heteroatoms. The lowest BCUT2D eigenvalue weighted by molar-refractivity contribution is 0.0951. The van der Waals surface area contributed by atoms with Gasteiger partial charge in [0.1, 0.15) is 5.75 Å². The summed E-state index contributed by atoms with van der Waals surface area (Å²) < 4.78 is 30.6. The summed E-state index contributed by atoms with van der Waals surface area (Å²) in [4.78, 5) is 16.8. The average molecular weight is 486 g/mol. The number of benzene rings is 2. The molecule has 2 aromatic carbocycles. The Bertz CT molecular complexity index is 1110. The van der Waals surface area contributed by atoms with E-state index in [1.54, 1.807) is 24.3 Å². The Morgan fingerprint density at radius 2 is 1.82 bits per heavy atom. The van der Waals surface area contributed by atoms with Crippen LogP contribution in [-0.4, -0.2) is 63.6 Å². The van der Waals surface area contributed by atoms with Crippen molar-refractivity contribution in [3.63, 3.8) is 0 Å². The van der Waals surface area contributed by atoms with Crippen LogP contribution in [0.5, 0.6) is 5.75 Å². The van der Waals surface area contributed by atoms with Crippen molar-refractivity contribution in [3.05, 3.63) is 59.7 Å². The second kappa shape index (κ2) is 10.9. The van der Waals surface area contributed by atoms with Gasteiger partial charge in [0.2, 0.25) is 10.0 Å². The fourth-order valence-electron chi connectivity index (χ4n) is 3.93. The van der Waals surface area contributed by atoms with Crippen molar-refractivity contribution in [1.82, 2.24) is 14.9 Å². The normalized spacial score (nSPS) is 17.0. The molecule has 182 valence electrons. The number of hydrogen-bond acceptors (Lipinski definition) is 7. The SMILES string of the molecule is CS(=O)(=O)N1CCC(COc2ccc(C(=O)NCc3ccc(NC4=NCCN4)cc3)cc2)CC1. The molecule has 0 bridgehead atoms. The molecule has 0 aliphatic carbocycles. The minimum absolute atomic E-state index is 0.147. The van der Waals surface area contributed by atoms with E-state index in [9.17, 15) is 13.2 Å². The van der Waals surface area contributed by atoms with Crippen LogP contribution in [0.3, 0.4) is 0 Å². The molecule has 1 fully saturated rings. The van der Waals surface area contributed by atoms with Gasteiger partial charge in [-0.2, -0.15) is 0 Å². The molecule has 0 saturated carbocycles. The molecule has 3 N–H and O–H groups in total. The van der Waals surface area contributed by atoms with Crippen LogP contribution < -0.4 is 20.7 Å². The lowest BCUT2D eigenvalue weighted by Gasteiger charge is -2.30. The Kier molecular flexibility index (Phi) is 7.69. The van der Waals surface area contributed by atoms with Crippen molar-refractivity contribution in [2.24, 2.45) is 10.9 Å². The molecule has 1 amide bonds. The Labute approximate surface area is 200 Å². The molecule has 34 heavy (non-hydrogen) atoms.